The van der Waals surface area contributed by atoms with Gasteiger partial charge in [-0.3, -0.25) is 4.79 Å². The smallest absolute Gasteiger partial charge is 0.316 e. The highest BCUT2D eigenvalue weighted by Crippen LogP contribution is 2.11. The molecule has 0 saturated carbocycles. The second-order valence-electron chi connectivity index (χ2n) is 3.33. The fourth-order valence-electron chi connectivity index (χ4n) is 1.34. The zero-order valence-electron chi connectivity index (χ0n) is 10.2. The minimum absolute atomic E-state index is 0.0938. The van der Waals surface area contributed by atoms with E-state index in [0.29, 0.717) is 19.0 Å². The molecule has 0 aliphatic rings. The summed E-state index contributed by atoms with van der Waals surface area (Å²) in [5.41, 5.74) is 0. The highest BCUT2D eigenvalue weighted by atomic mass is 16.7. The molecule has 1 aromatic rings. The zero-order valence-corrected chi connectivity index (χ0v) is 10.2. The molecule has 0 aliphatic carbocycles. The van der Waals surface area contributed by atoms with Gasteiger partial charge in [-0.15, -0.1) is 0 Å². The molecule has 0 aromatic heterocycles. The molecule has 4 heteroatoms. The number of hydrogen-bond acceptors (Lipinski definition) is 4. The second-order valence-corrected chi connectivity index (χ2v) is 3.33. The van der Waals surface area contributed by atoms with Crippen molar-refractivity contribution < 1.29 is 19.0 Å². The van der Waals surface area contributed by atoms with Crippen LogP contribution in [0.1, 0.15) is 20.3 Å². The molecule has 0 aliphatic heterocycles. The lowest BCUT2D eigenvalue weighted by atomic mass is 10.3. The molecular weight excluding hydrogens is 220 g/mol. The second kappa shape index (κ2) is 7.81. The molecule has 0 bridgehead atoms. The lowest BCUT2D eigenvalue weighted by Crippen LogP contribution is -2.23. The first-order valence-electron chi connectivity index (χ1n) is 5.75. The van der Waals surface area contributed by atoms with Crippen LogP contribution < -0.4 is 4.74 Å². The predicted octanol–water partition coefficient (Wildman–Crippen LogP) is 2.38. The number of carbonyl (C=O) groups is 1. The number of para-hydroxylation sites is 1. The summed E-state index contributed by atoms with van der Waals surface area (Å²) in [6.45, 7) is 4.72. The van der Waals surface area contributed by atoms with E-state index in [1.807, 2.05) is 32.0 Å². The predicted molar refractivity (Wildman–Crippen MR) is 63.7 cm³/mol. The first kappa shape index (κ1) is 13.7. The highest BCUT2D eigenvalue weighted by Gasteiger charge is 2.15. The van der Waals surface area contributed by atoms with Crippen LogP contribution in [0, 0.1) is 0 Å². The van der Waals surface area contributed by atoms with Crippen molar-refractivity contribution in [3.8, 4) is 5.75 Å². The molecule has 1 aromatic carbocycles. The van der Waals surface area contributed by atoms with Crippen LogP contribution >= 0.6 is 0 Å². The molecule has 0 N–H and O–H groups in total. The molecule has 0 fully saturated rings. The van der Waals surface area contributed by atoms with Crippen molar-refractivity contribution in [2.75, 3.05) is 13.2 Å². The Morgan fingerprint density at radius 1 is 1.12 bits per heavy atom. The molecule has 17 heavy (non-hydrogen) atoms. The Morgan fingerprint density at radius 3 is 2.24 bits per heavy atom. The van der Waals surface area contributed by atoms with E-state index in [2.05, 4.69) is 0 Å². The first-order valence-corrected chi connectivity index (χ1v) is 5.75. The monoisotopic (exact) mass is 238 g/mol. The van der Waals surface area contributed by atoms with Crippen LogP contribution in [-0.2, 0) is 14.3 Å². The molecule has 0 unspecified atom stereocenters. The zero-order chi connectivity index (χ0) is 12.5. The van der Waals surface area contributed by atoms with Crippen molar-refractivity contribution in [2.24, 2.45) is 0 Å². The van der Waals surface area contributed by atoms with Gasteiger partial charge in [0, 0.05) is 13.2 Å². The van der Waals surface area contributed by atoms with Gasteiger partial charge in [0.05, 0.1) is 6.42 Å². The van der Waals surface area contributed by atoms with Crippen molar-refractivity contribution in [2.45, 2.75) is 26.6 Å². The quantitative estimate of drug-likeness (QED) is 0.415. The fourth-order valence-corrected chi connectivity index (χ4v) is 1.34. The van der Waals surface area contributed by atoms with E-state index in [-0.39, 0.29) is 12.4 Å². The number of ether oxygens (including phenoxy) is 3. The van der Waals surface area contributed by atoms with Crippen LogP contribution in [0.25, 0.3) is 0 Å². The normalized spacial score (nSPS) is 10.5. The largest absolute Gasteiger partial charge is 0.426 e. The van der Waals surface area contributed by atoms with E-state index >= 15 is 0 Å². The lowest BCUT2D eigenvalue weighted by molar-refractivity contribution is -0.162. The van der Waals surface area contributed by atoms with Crippen LogP contribution in [0.4, 0.5) is 0 Å². The van der Waals surface area contributed by atoms with Crippen LogP contribution in [-0.4, -0.2) is 25.5 Å². The first-order chi connectivity index (χ1) is 8.26. The van der Waals surface area contributed by atoms with Crippen molar-refractivity contribution in [1.29, 1.82) is 0 Å². The summed E-state index contributed by atoms with van der Waals surface area (Å²) < 4.78 is 15.7. The topological polar surface area (TPSA) is 44.8 Å². The third-order valence-corrected chi connectivity index (χ3v) is 2.01. The Bertz CT molecular complexity index is 317. The molecule has 94 valence electrons. The SMILES string of the molecule is CCOC(CC(=O)Oc1ccccc1)OCC. The van der Waals surface area contributed by atoms with Crippen molar-refractivity contribution in [3.63, 3.8) is 0 Å². The third-order valence-electron chi connectivity index (χ3n) is 2.01. The van der Waals surface area contributed by atoms with Gasteiger partial charge in [0.1, 0.15) is 5.75 Å². The van der Waals surface area contributed by atoms with Gasteiger partial charge in [-0.25, -0.2) is 0 Å². The lowest BCUT2D eigenvalue weighted by Gasteiger charge is -2.15. The van der Waals surface area contributed by atoms with Crippen molar-refractivity contribution in [3.05, 3.63) is 30.3 Å². The number of carbonyl (C=O) groups excluding carboxylic acids is 1. The number of rotatable bonds is 7. The van der Waals surface area contributed by atoms with E-state index < -0.39 is 6.29 Å². The molecule has 0 saturated heterocycles. The fraction of sp³-hybridized carbons (Fsp3) is 0.462. The minimum atomic E-state index is -0.527. The maximum Gasteiger partial charge on any atom is 0.316 e. The highest BCUT2D eigenvalue weighted by molar-refractivity contribution is 5.72. The number of hydrogen-bond donors (Lipinski definition) is 0. The molecule has 0 spiro atoms. The number of esters is 1. The van der Waals surface area contributed by atoms with Gasteiger partial charge in [0.15, 0.2) is 6.29 Å². The van der Waals surface area contributed by atoms with Crippen LogP contribution in [0.3, 0.4) is 0 Å². The van der Waals surface area contributed by atoms with Gasteiger partial charge in [0.2, 0.25) is 0 Å². The summed E-state index contributed by atoms with van der Waals surface area (Å²) in [5, 5.41) is 0. The number of benzene rings is 1. The van der Waals surface area contributed by atoms with Gasteiger partial charge < -0.3 is 14.2 Å². The Labute approximate surface area is 101 Å². The Morgan fingerprint density at radius 2 is 1.71 bits per heavy atom. The van der Waals surface area contributed by atoms with Gasteiger partial charge in [0.25, 0.3) is 0 Å². The Hall–Kier alpha value is -1.39. The van der Waals surface area contributed by atoms with E-state index in [1.54, 1.807) is 12.1 Å². The molecule has 1 rings (SSSR count). The summed E-state index contributed by atoms with van der Waals surface area (Å²) >= 11 is 0. The Kier molecular flexibility index (Phi) is 6.29. The summed E-state index contributed by atoms with van der Waals surface area (Å²) in [6.07, 6.45) is -0.433. The average molecular weight is 238 g/mol. The molecule has 0 heterocycles. The minimum Gasteiger partial charge on any atom is -0.426 e. The molecular formula is C13H18O4. The summed E-state index contributed by atoms with van der Waals surface area (Å²) in [5.74, 6) is 0.173. The molecule has 0 radical (unpaired) electrons. The van der Waals surface area contributed by atoms with Gasteiger partial charge in [-0.2, -0.15) is 0 Å². The standard InChI is InChI=1S/C13H18O4/c1-3-15-13(16-4-2)10-12(14)17-11-8-6-5-7-9-11/h5-9,13H,3-4,10H2,1-2H3. The van der Waals surface area contributed by atoms with Crippen molar-refractivity contribution in [1.82, 2.24) is 0 Å². The maximum absolute atomic E-state index is 11.6. The molecule has 4 nitrogen and oxygen atoms in total. The van der Waals surface area contributed by atoms with Crippen LogP contribution in [0.5, 0.6) is 5.75 Å². The van der Waals surface area contributed by atoms with Crippen molar-refractivity contribution >= 4 is 5.97 Å². The Balaban J connectivity index is 2.42. The van der Waals surface area contributed by atoms with E-state index in [9.17, 15) is 4.79 Å². The van der Waals surface area contributed by atoms with E-state index in [1.165, 1.54) is 0 Å². The van der Waals surface area contributed by atoms with E-state index in [4.69, 9.17) is 14.2 Å². The average Bonchev–Trinajstić information content (AvgIpc) is 2.30. The maximum atomic E-state index is 11.6. The van der Waals surface area contributed by atoms with Gasteiger partial charge >= 0.3 is 5.97 Å². The van der Waals surface area contributed by atoms with Crippen LogP contribution in [0.15, 0.2) is 30.3 Å². The molecule has 0 atom stereocenters. The van der Waals surface area contributed by atoms with Gasteiger partial charge in [-0.05, 0) is 26.0 Å². The summed E-state index contributed by atoms with van der Waals surface area (Å²) in [4.78, 5) is 11.6. The summed E-state index contributed by atoms with van der Waals surface area (Å²) in [7, 11) is 0. The van der Waals surface area contributed by atoms with Crippen LogP contribution in [0.2, 0.25) is 0 Å². The molecule has 0 amide bonds. The van der Waals surface area contributed by atoms with Gasteiger partial charge in [-0.1, -0.05) is 18.2 Å². The summed E-state index contributed by atoms with van der Waals surface area (Å²) in [6, 6.07) is 8.94. The van der Waals surface area contributed by atoms with E-state index in [0.717, 1.165) is 0 Å². The third kappa shape index (κ3) is 5.47.